The number of nitrogens with two attached hydrogens (primary N) is 1. The molecule has 0 amide bonds. The molecule has 3 N–H and O–H groups in total. The molecule has 8 heteroatoms. The van der Waals surface area contributed by atoms with Crippen LogP contribution in [0.5, 0.6) is 0 Å². The lowest BCUT2D eigenvalue weighted by Gasteiger charge is -2.20. The molecule has 0 spiro atoms. The number of ether oxygens (including phenoxy) is 1. The largest absolute Gasteiger partial charge is 0.373 e. The van der Waals surface area contributed by atoms with Gasteiger partial charge in [-0.3, -0.25) is 11.3 Å². The lowest BCUT2D eigenvalue weighted by Crippen LogP contribution is -2.36. The van der Waals surface area contributed by atoms with E-state index in [0.29, 0.717) is 11.1 Å². The van der Waals surface area contributed by atoms with E-state index in [1.54, 1.807) is 13.0 Å². The van der Waals surface area contributed by atoms with Crippen LogP contribution in [0.2, 0.25) is 0 Å². The molecule has 1 aromatic rings. The quantitative estimate of drug-likeness (QED) is 0.462. The van der Waals surface area contributed by atoms with Crippen LogP contribution in [0.3, 0.4) is 0 Å². The third kappa shape index (κ3) is 4.69. The highest BCUT2D eigenvalue weighted by molar-refractivity contribution is 5.26. The van der Waals surface area contributed by atoms with Gasteiger partial charge >= 0.3 is 12.3 Å². The highest BCUT2D eigenvalue weighted by atomic mass is 19.3. The van der Waals surface area contributed by atoms with Crippen LogP contribution in [0.1, 0.15) is 17.2 Å². The Morgan fingerprint density at radius 2 is 1.95 bits per heavy atom. The average molecular weight is 298 g/mol. The van der Waals surface area contributed by atoms with Crippen molar-refractivity contribution in [1.82, 2.24) is 5.43 Å². The molecule has 0 saturated carbocycles. The fraction of sp³-hybridized carbons (Fsp3) is 0.500. The maximum absolute atomic E-state index is 13.2. The van der Waals surface area contributed by atoms with Gasteiger partial charge < -0.3 is 4.74 Å². The standard InChI is InChI=1S/C12H15F5N2O/c1-7-2-8(4-9(13)3-7)10(19-18)5-20-6-12(16,17)11(14)15/h2-4,10-11,19H,5-6,18H2,1H3. The molecule has 0 aliphatic heterocycles. The van der Waals surface area contributed by atoms with Gasteiger partial charge in [-0.15, -0.1) is 0 Å². The second-order valence-electron chi connectivity index (χ2n) is 4.36. The van der Waals surface area contributed by atoms with Crippen molar-refractivity contribution < 1.29 is 26.7 Å². The second kappa shape index (κ2) is 6.96. The van der Waals surface area contributed by atoms with Gasteiger partial charge in [0.25, 0.3) is 0 Å². The van der Waals surface area contributed by atoms with Crippen molar-refractivity contribution in [2.75, 3.05) is 13.2 Å². The molecule has 1 aromatic carbocycles. The van der Waals surface area contributed by atoms with Crippen molar-refractivity contribution in [3.8, 4) is 0 Å². The molecule has 0 radical (unpaired) electrons. The minimum Gasteiger partial charge on any atom is -0.373 e. The first-order valence-electron chi connectivity index (χ1n) is 5.73. The molecule has 114 valence electrons. The molecular formula is C12H15F5N2O. The Bertz CT molecular complexity index is 422. The van der Waals surface area contributed by atoms with Gasteiger partial charge in [0, 0.05) is 0 Å². The zero-order chi connectivity index (χ0) is 15.3. The number of alkyl halides is 4. The lowest BCUT2D eigenvalue weighted by atomic mass is 10.1. The van der Waals surface area contributed by atoms with Gasteiger partial charge in [-0.2, -0.15) is 8.78 Å². The van der Waals surface area contributed by atoms with E-state index in [1.807, 2.05) is 0 Å². The molecule has 0 saturated heterocycles. The topological polar surface area (TPSA) is 47.3 Å². The first kappa shape index (κ1) is 16.8. The van der Waals surface area contributed by atoms with Gasteiger partial charge in [-0.25, -0.2) is 13.2 Å². The van der Waals surface area contributed by atoms with E-state index in [1.165, 1.54) is 6.07 Å². The van der Waals surface area contributed by atoms with Crippen molar-refractivity contribution >= 4 is 0 Å². The van der Waals surface area contributed by atoms with Crippen molar-refractivity contribution in [3.63, 3.8) is 0 Å². The van der Waals surface area contributed by atoms with Crippen LogP contribution in [0.15, 0.2) is 18.2 Å². The highest BCUT2D eigenvalue weighted by Gasteiger charge is 2.41. The van der Waals surface area contributed by atoms with Crippen molar-refractivity contribution in [2.45, 2.75) is 25.3 Å². The average Bonchev–Trinajstić information content (AvgIpc) is 2.33. The Morgan fingerprint density at radius 3 is 2.45 bits per heavy atom. The minimum atomic E-state index is -4.23. The highest BCUT2D eigenvalue weighted by Crippen LogP contribution is 2.24. The molecule has 0 aliphatic carbocycles. The smallest absolute Gasteiger partial charge is 0.330 e. The van der Waals surface area contributed by atoms with E-state index in [0.717, 1.165) is 6.07 Å². The third-order valence-electron chi connectivity index (χ3n) is 2.57. The first-order valence-corrected chi connectivity index (χ1v) is 5.73. The molecule has 0 fully saturated rings. The van der Waals surface area contributed by atoms with Gasteiger partial charge in [-0.05, 0) is 30.2 Å². The molecule has 1 rings (SSSR count). The van der Waals surface area contributed by atoms with Crippen molar-refractivity contribution in [3.05, 3.63) is 35.1 Å². The third-order valence-corrected chi connectivity index (χ3v) is 2.57. The van der Waals surface area contributed by atoms with Gasteiger partial charge in [0.1, 0.15) is 12.4 Å². The van der Waals surface area contributed by atoms with E-state index in [-0.39, 0.29) is 6.61 Å². The number of hydrogen-bond acceptors (Lipinski definition) is 3. The molecular weight excluding hydrogens is 283 g/mol. The molecule has 3 nitrogen and oxygen atoms in total. The predicted octanol–water partition coefficient (Wildman–Crippen LogP) is 2.56. The predicted molar refractivity (Wildman–Crippen MR) is 63.0 cm³/mol. The molecule has 1 atom stereocenters. The van der Waals surface area contributed by atoms with Crippen LogP contribution in [-0.4, -0.2) is 25.6 Å². The fourth-order valence-corrected chi connectivity index (χ4v) is 1.58. The summed E-state index contributed by atoms with van der Waals surface area (Å²) >= 11 is 0. The molecule has 20 heavy (non-hydrogen) atoms. The maximum atomic E-state index is 13.2. The Hall–Kier alpha value is -1.25. The number of rotatable bonds is 7. The summed E-state index contributed by atoms with van der Waals surface area (Å²) in [6, 6.07) is 3.25. The first-order chi connectivity index (χ1) is 9.26. The number of halogens is 5. The van der Waals surface area contributed by atoms with Gasteiger partial charge in [0.05, 0.1) is 12.6 Å². The lowest BCUT2D eigenvalue weighted by molar-refractivity contribution is -0.167. The SMILES string of the molecule is Cc1cc(F)cc(C(COCC(F)(F)C(F)F)NN)c1. The fourth-order valence-electron chi connectivity index (χ4n) is 1.58. The number of hydrogen-bond donors (Lipinski definition) is 2. The minimum absolute atomic E-state index is 0.380. The zero-order valence-electron chi connectivity index (χ0n) is 10.7. The van der Waals surface area contributed by atoms with Crippen LogP contribution in [0.4, 0.5) is 22.0 Å². The van der Waals surface area contributed by atoms with E-state index < -0.39 is 30.8 Å². The van der Waals surface area contributed by atoms with Crippen LogP contribution in [-0.2, 0) is 4.74 Å². The van der Waals surface area contributed by atoms with Crippen LogP contribution < -0.4 is 11.3 Å². The molecule has 0 aromatic heterocycles. The molecule has 1 unspecified atom stereocenters. The van der Waals surface area contributed by atoms with Gasteiger partial charge in [-0.1, -0.05) is 6.07 Å². The normalized spacial score (nSPS) is 13.8. The summed E-state index contributed by atoms with van der Waals surface area (Å²) in [5.74, 6) is 0.486. The van der Waals surface area contributed by atoms with E-state index >= 15 is 0 Å². The summed E-state index contributed by atoms with van der Waals surface area (Å²) in [5, 5.41) is 0. The Balaban J connectivity index is 2.64. The Morgan fingerprint density at radius 1 is 1.30 bits per heavy atom. The zero-order valence-corrected chi connectivity index (χ0v) is 10.7. The van der Waals surface area contributed by atoms with Gasteiger partial charge in [0.2, 0.25) is 0 Å². The number of nitrogens with one attached hydrogen (secondary N) is 1. The summed E-state index contributed by atoms with van der Waals surface area (Å²) in [4.78, 5) is 0. The summed E-state index contributed by atoms with van der Waals surface area (Å²) < 4.78 is 66.9. The molecule has 0 bridgehead atoms. The second-order valence-corrected chi connectivity index (χ2v) is 4.36. The summed E-state index contributed by atoms with van der Waals surface area (Å²) in [6.45, 7) is -0.176. The van der Waals surface area contributed by atoms with Crippen LogP contribution >= 0.6 is 0 Å². The van der Waals surface area contributed by atoms with Crippen LogP contribution in [0, 0.1) is 12.7 Å². The summed E-state index contributed by atoms with van der Waals surface area (Å²) in [6.07, 6.45) is -3.80. The summed E-state index contributed by atoms with van der Waals surface area (Å²) in [7, 11) is 0. The number of hydrazine groups is 1. The number of aryl methyl sites for hydroxylation is 1. The van der Waals surface area contributed by atoms with E-state index in [9.17, 15) is 22.0 Å². The molecule has 0 heterocycles. The Labute approximate surface area is 112 Å². The van der Waals surface area contributed by atoms with E-state index in [2.05, 4.69) is 10.2 Å². The Kier molecular flexibility index (Phi) is 5.85. The van der Waals surface area contributed by atoms with E-state index in [4.69, 9.17) is 5.84 Å². The van der Waals surface area contributed by atoms with Crippen molar-refractivity contribution in [1.29, 1.82) is 0 Å². The van der Waals surface area contributed by atoms with Crippen molar-refractivity contribution in [2.24, 2.45) is 5.84 Å². The monoisotopic (exact) mass is 298 g/mol. The summed E-state index contributed by atoms with van der Waals surface area (Å²) in [5.41, 5.74) is 3.25. The maximum Gasteiger partial charge on any atom is 0.330 e. The van der Waals surface area contributed by atoms with Crippen LogP contribution in [0.25, 0.3) is 0 Å². The molecule has 0 aliphatic rings. The number of benzene rings is 1. The van der Waals surface area contributed by atoms with Gasteiger partial charge in [0.15, 0.2) is 0 Å².